The molecule has 0 N–H and O–H groups in total. The topological polar surface area (TPSA) is 52.2 Å². The molecule has 3 aromatic heterocycles. The summed E-state index contributed by atoms with van der Waals surface area (Å²) < 4.78 is 3.17. The summed E-state index contributed by atoms with van der Waals surface area (Å²) in [6.07, 6.45) is 1.43. The fourth-order valence-electron chi connectivity index (χ4n) is 3.38. The van der Waals surface area contributed by atoms with Crippen molar-refractivity contribution in [2.24, 2.45) is 0 Å². The lowest BCUT2D eigenvalue weighted by Gasteiger charge is -2.09. The van der Waals surface area contributed by atoms with Crippen molar-refractivity contribution in [1.82, 2.24) is 19.2 Å². The van der Waals surface area contributed by atoms with E-state index in [0.29, 0.717) is 12.2 Å². The second-order valence-corrected chi connectivity index (χ2v) is 7.74. The molecular weight excluding hydrogens is 356 g/mol. The number of fused-ring (bicyclic) bond motifs is 3. The second-order valence-electron chi connectivity index (χ2n) is 6.50. The summed E-state index contributed by atoms with van der Waals surface area (Å²) in [5.74, 6) is 0. The van der Waals surface area contributed by atoms with Gasteiger partial charge in [0.25, 0.3) is 0 Å². The molecule has 0 unspecified atom stereocenters. The number of hydrogen-bond donors (Lipinski definition) is 0. The number of aromatic nitrogens is 4. The van der Waals surface area contributed by atoms with E-state index in [1.54, 1.807) is 15.9 Å². The Labute approximate surface area is 159 Å². The fraction of sp³-hybridized carbons (Fsp3) is 0.0952. The number of rotatable bonds is 3. The Balaban J connectivity index is 1.60. The maximum absolute atomic E-state index is 12.9. The van der Waals surface area contributed by atoms with E-state index in [1.165, 1.54) is 16.4 Å². The third-order valence-electron chi connectivity index (χ3n) is 4.68. The number of hydrogen-bond acceptors (Lipinski definition) is 4. The molecule has 0 bridgehead atoms. The van der Waals surface area contributed by atoms with Gasteiger partial charge in [0.2, 0.25) is 0 Å². The molecule has 0 fully saturated rings. The molecule has 0 radical (unpaired) electrons. The Morgan fingerprint density at radius 2 is 1.74 bits per heavy atom. The van der Waals surface area contributed by atoms with E-state index in [2.05, 4.69) is 52.5 Å². The van der Waals surface area contributed by atoms with Crippen molar-refractivity contribution in [3.05, 3.63) is 87.9 Å². The minimum Gasteiger partial charge on any atom is -0.278 e. The lowest BCUT2D eigenvalue weighted by atomic mass is 10.0. The van der Waals surface area contributed by atoms with Crippen LogP contribution in [-0.2, 0) is 6.54 Å². The fourth-order valence-corrected chi connectivity index (χ4v) is 4.38. The summed E-state index contributed by atoms with van der Waals surface area (Å²) in [6.45, 7) is 2.54. The molecule has 0 atom stereocenters. The summed E-state index contributed by atoms with van der Waals surface area (Å²) in [5.41, 5.74) is 3.87. The Bertz CT molecular complexity index is 1310. The third kappa shape index (κ3) is 2.65. The Kier molecular flexibility index (Phi) is 3.65. The first-order chi connectivity index (χ1) is 13.2. The number of aryl methyl sites for hydroxylation is 1. The van der Waals surface area contributed by atoms with Gasteiger partial charge in [-0.2, -0.15) is 9.61 Å². The molecule has 0 spiro atoms. The van der Waals surface area contributed by atoms with Crippen LogP contribution in [0.2, 0.25) is 0 Å². The molecule has 0 saturated carbocycles. The predicted molar refractivity (Wildman–Crippen MR) is 108 cm³/mol. The lowest BCUT2D eigenvalue weighted by molar-refractivity contribution is 0.720. The minimum atomic E-state index is -0.163. The molecule has 0 aliphatic rings. The number of thiophene rings is 1. The van der Waals surface area contributed by atoms with Crippen LogP contribution in [0, 0.1) is 6.92 Å². The normalized spacial score (nSPS) is 11.4. The van der Waals surface area contributed by atoms with Gasteiger partial charge in [0.15, 0.2) is 5.65 Å². The predicted octanol–water partition coefficient (Wildman–Crippen LogP) is 4.13. The van der Waals surface area contributed by atoms with Crippen molar-refractivity contribution in [2.45, 2.75) is 13.5 Å². The van der Waals surface area contributed by atoms with Gasteiger partial charge in [-0.15, -0.1) is 11.3 Å². The van der Waals surface area contributed by atoms with E-state index in [1.807, 2.05) is 25.1 Å². The first-order valence-corrected chi connectivity index (χ1v) is 9.49. The van der Waals surface area contributed by atoms with E-state index in [9.17, 15) is 4.79 Å². The average molecular weight is 372 g/mol. The van der Waals surface area contributed by atoms with Crippen LogP contribution in [0.4, 0.5) is 0 Å². The largest absolute Gasteiger partial charge is 0.352 e. The van der Waals surface area contributed by atoms with Crippen LogP contribution in [0.3, 0.4) is 0 Å². The van der Waals surface area contributed by atoms with Crippen LogP contribution < -0.4 is 5.69 Å². The van der Waals surface area contributed by atoms with Gasteiger partial charge in [-0.05, 0) is 29.7 Å². The molecule has 5 aromatic rings. The van der Waals surface area contributed by atoms with Gasteiger partial charge in [-0.3, -0.25) is 4.57 Å². The quantitative estimate of drug-likeness (QED) is 0.478. The maximum Gasteiger partial charge on any atom is 0.352 e. The Hall–Kier alpha value is -3.25. The number of nitrogens with zero attached hydrogens (tertiary/aromatic N) is 4. The highest BCUT2D eigenvalue weighted by Gasteiger charge is 2.15. The second kappa shape index (κ2) is 6.17. The highest BCUT2D eigenvalue weighted by molar-refractivity contribution is 7.18. The van der Waals surface area contributed by atoms with E-state index in [-0.39, 0.29) is 5.69 Å². The summed E-state index contributed by atoms with van der Waals surface area (Å²) in [6, 6.07) is 20.7. The molecule has 6 heteroatoms. The van der Waals surface area contributed by atoms with E-state index < -0.39 is 0 Å². The smallest absolute Gasteiger partial charge is 0.278 e. The third-order valence-corrected chi connectivity index (χ3v) is 5.76. The van der Waals surface area contributed by atoms with Gasteiger partial charge < -0.3 is 0 Å². The molecule has 5 rings (SSSR count). The molecule has 0 amide bonds. The van der Waals surface area contributed by atoms with Crippen LogP contribution in [0.25, 0.3) is 27.0 Å². The zero-order valence-electron chi connectivity index (χ0n) is 14.7. The van der Waals surface area contributed by atoms with Crippen molar-refractivity contribution in [2.75, 3.05) is 0 Å². The SMILES string of the molecule is Cc1cc2c(s1)n(Cc1ccc(-c3ccccc3)cc1)c(=O)n1ncnc21. The van der Waals surface area contributed by atoms with Crippen LogP contribution in [0.1, 0.15) is 10.4 Å². The van der Waals surface area contributed by atoms with Gasteiger partial charge in [-0.1, -0.05) is 54.6 Å². The molecular formula is C21H16N4OS. The van der Waals surface area contributed by atoms with Gasteiger partial charge in [0.05, 0.1) is 11.9 Å². The van der Waals surface area contributed by atoms with E-state index in [4.69, 9.17) is 0 Å². The summed E-state index contributed by atoms with van der Waals surface area (Å²) >= 11 is 1.61. The first-order valence-electron chi connectivity index (χ1n) is 8.68. The summed E-state index contributed by atoms with van der Waals surface area (Å²) in [5, 5.41) is 5.08. The zero-order valence-corrected chi connectivity index (χ0v) is 15.5. The molecule has 27 heavy (non-hydrogen) atoms. The summed E-state index contributed by atoms with van der Waals surface area (Å²) in [7, 11) is 0. The Morgan fingerprint density at radius 3 is 2.52 bits per heavy atom. The first kappa shape index (κ1) is 16.0. The molecule has 0 saturated heterocycles. The molecule has 132 valence electrons. The van der Waals surface area contributed by atoms with Crippen LogP contribution in [-0.4, -0.2) is 19.2 Å². The van der Waals surface area contributed by atoms with Crippen LogP contribution in [0.5, 0.6) is 0 Å². The van der Waals surface area contributed by atoms with Crippen molar-refractivity contribution in [3.63, 3.8) is 0 Å². The zero-order chi connectivity index (χ0) is 18.4. The minimum absolute atomic E-state index is 0.163. The highest BCUT2D eigenvalue weighted by Crippen LogP contribution is 2.27. The van der Waals surface area contributed by atoms with Crippen LogP contribution in [0.15, 0.2) is 71.8 Å². The van der Waals surface area contributed by atoms with Crippen molar-refractivity contribution in [1.29, 1.82) is 0 Å². The van der Waals surface area contributed by atoms with Crippen LogP contribution >= 0.6 is 11.3 Å². The maximum atomic E-state index is 12.9. The highest BCUT2D eigenvalue weighted by atomic mass is 32.1. The lowest BCUT2D eigenvalue weighted by Crippen LogP contribution is -2.27. The molecule has 5 nitrogen and oxygen atoms in total. The number of benzene rings is 2. The van der Waals surface area contributed by atoms with Gasteiger partial charge in [-0.25, -0.2) is 9.78 Å². The molecule has 0 aliphatic carbocycles. The van der Waals surface area contributed by atoms with E-state index in [0.717, 1.165) is 26.2 Å². The monoisotopic (exact) mass is 372 g/mol. The van der Waals surface area contributed by atoms with Crippen molar-refractivity contribution < 1.29 is 0 Å². The standard InChI is InChI=1S/C21H16N4OS/c1-14-11-18-19-22-13-23-25(19)21(26)24(20(18)27-14)12-15-7-9-17(10-8-15)16-5-3-2-4-6-16/h2-11,13H,12H2,1H3. The summed E-state index contributed by atoms with van der Waals surface area (Å²) in [4.78, 5) is 19.3. The van der Waals surface area contributed by atoms with Gasteiger partial charge in [0, 0.05) is 4.88 Å². The Morgan fingerprint density at radius 1 is 1.00 bits per heavy atom. The van der Waals surface area contributed by atoms with Crippen molar-refractivity contribution >= 4 is 27.2 Å². The van der Waals surface area contributed by atoms with E-state index >= 15 is 0 Å². The molecule has 3 heterocycles. The molecule has 0 aliphatic heterocycles. The van der Waals surface area contributed by atoms with Gasteiger partial charge in [0.1, 0.15) is 11.2 Å². The van der Waals surface area contributed by atoms with Crippen molar-refractivity contribution in [3.8, 4) is 11.1 Å². The van der Waals surface area contributed by atoms with Gasteiger partial charge >= 0.3 is 5.69 Å². The molecule has 2 aromatic carbocycles. The average Bonchev–Trinajstić information content (AvgIpc) is 3.33.